The molecule has 2 amide bonds. The van der Waals surface area contributed by atoms with E-state index in [0.717, 1.165) is 30.5 Å². The van der Waals surface area contributed by atoms with Crippen molar-refractivity contribution in [1.29, 1.82) is 0 Å². The first kappa shape index (κ1) is 17.5. The zero-order chi connectivity index (χ0) is 16.7. The number of amides is 2. The highest BCUT2D eigenvalue weighted by Gasteiger charge is 2.18. The molecule has 126 valence electrons. The first-order valence-electron chi connectivity index (χ1n) is 8.44. The van der Waals surface area contributed by atoms with Gasteiger partial charge in [-0.1, -0.05) is 38.0 Å². The zero-order valence-corrected chi connectivity index (χ0v) is 14.1. The molecule has 0 radical (unpaired) electrons. The van der Waals surface area contributed by atoms with E-state index in [4.69, 9.17) is 0 Å². The van der Waals surface area contributed by atoms with E-state index in [2.05, 4.69) is 17.6 Å². The number of hydrogen-bond donors (Lipinski definition) is 2. The van der Waals surface area contributed by atoms with E-state index in [-0.39, 0.29) is 24.9 Å². The molecule has 0 bridgehead atoms. The Morgan fingerprint density at radius 2 is 1.78 bits per heavy atom. The third-order valence-electron chi connectivity index (χ3n) is 4.22. The lowest BCUT2D eigenvalue weighted by atomic mass is 10.1. The molecule has 0 heterocycles. The second-order valence-corrected chi connectivity index (χ2v) is 6.28. The maximum Gasteiger partial charge on any atom is 0.238 e. The minimum atomic E-state index is -0.0953. The maximum absolute atomic E-state index is 12.1. The van der Waals surface area contributed by atoms with E-state index in [1.807, 2.05) is 24.3 Å². The Hall–Kier alpha value is -1.88. The molecule has 0 spiro atoms. The van der Waals surface area contributed by atoms with Crippen LogP contribution in [0.5, 0.6) is 0 Å². The number of anilines is 1. The summed E-state index contributed by atoms with van der Waals surface area (Å²) in [4.78, 5) is 25.8. The summed E-state index contributed by atoms with van der Waals surface area (Å²) < 4.78 is 0. The lowest BCUT2D eigenvalue weighted by molar-refractivity contribution is -0.123. The molecule has 0 atom stereocenters. The van der Waals surface area contributed by atoms with Crippen molar-refractivity contribution in [3.05, 3.63) is 29.8 Å². The minimum Gasteiger partial charge on any atom is -0.352 e. The summed E-state index contributed by atoms with van der Waals surface area (Å²) in [6.45, 7) is 2.51. The smallest absolute Gasteiger partial charge is 0.238 e. The summed E-state index contributed by atoms with van der Waals surface area (Å²) >= 11 is 0. The average Bonchev–Trinajstić information content (AvgIpc) is 3.00. The van der Waals surface area contributed by atoms with Crippen LogP contribution in [0.3, 0.4) is 0 Å². The number of hydrogen-bond acceptors (Lipinski definition) is 3. The fraction of sp³-hybridized carbons (Fsp3) is 0.556. The first-order valence-corrected chi connectivity index (χ1v) is 8.44. The fourth-order valence-corrected chi connectivity index (χ4v) is 3.03. The summed E-state index contributed by atoms with van der Waals surface area (Å²) in [6, 6.07) is 8.11. The second-order valence-electron chi connectivity index (χ2n) is 6.28. The lowest BCUT2D eigenvalue weighted by Gasteiger charge is -2.18. The number of rotatable bonds is 7. The highest BCUT2D eigenvalue weighted by molar-refractivity contribution is 5.93. The molecule has 1 aromatic carbocycles. The molecule has 0 aliphatic heterocycles. The SMILES string of the molecule is CCc1ccccc1NC(=O)CN(C)CC(=O)NC1CCCC1. The van der Waals surface area contributed by atoms with Crippen LogP contribution in [-0.2, 0) is 16.0 Å². The van der Waals surface area contributed by atoms with Gasteiger partial charge in [-0.15, -0.1) is 0 Å². The van der Waals surface area contributed by atoms with Crippen molar-refractivity contribution in [2.75, 3.05) is 25.5 Å². The molecule has 1 fully saturated rings. The molecule has 1 aromatic rings. The van der Waals surface area contributed by atoms with Gasteiger partial charge in [-0.3, -0.25) is 14.5 Å². The number of nitrogens with zero attached hydrogens (tertiary/aromatic N) is 1. The van der Waals surface area contributed by atoms with Crippen molar-refractivity contribution in [1.82, 2.24) is 10.2 Å². The predicted octanol–water partition coefficient (Wildman–Crippen LogP) is 2.18. The highest BCUT2D eigenvalue weighted by atomic mass is 16.2. The number of likely N-dealkylation sites (N-methyl/N-ethyl adjacent to an activating group) is 1. The fourth-order valence-electron chi connectivity index (χ4n) is 3.03. The van der Waals surface area contributed by atoms with Crippen LogP contribution >= 0.6 is 0 Å². The van der Waals surface area contributed by atoms with Crippen molar-refractivity contribution in [3.8, 4) is 0 Å². The quantitative estimate of drug-likeness (QED) is 0.810. The summed E-state index contributed by atoms with van der Waals surface area (Å²) in [6.07, 6.45) is 5.41. The number of aryl methyl sites for hydroxylation is 1. The molecule has 0 saturated heterocycles. The molecular formula is C18H27N3O2. The van der Waals surface area contributed by atoms with Crippen LogP contribution in [0.2, 0.25) is 0 Å². The number of para-hydroxylation sites is 1. The normalized spacial score (nSPS) is 14.9. The van der Waals surface area contributed by atoms with Crippen molar-refractivity contribution in [2.45, 2.75) is 45.1 Å². The van der Waals surface area contributed by atoms with E-state index in [9.17, 15) is 9.59 Å². The number of carbonyl (C=O) groups excluding carboxylic acids is 2. The van der Waals surface area contributed by atoms with Crippen LogP contribution in [0.1, 0.15) is 38.2 Å². The number of nitrogens with one attached hydrogen (secondary N) is 2. The third-order valence-corrected chi connectivity index (χ3v) is 4.22. The first-order chi connectivity index (χ1) is 11.1. The molecule has 0 aromatic heterocycles. The third kappa shape index (κ3) is 5.67. The molecule has 5 heteroatoms. The van der Waals surface area contributed by atoms with Crippen molar-refractivity contribution < 1.29 is 9.59 Å². The van der Waals surface area contributed by atoms with Gasteiger partial charge in [0.1, 0.15) is 0 Å². The van der Waals surface area contributed by atoms with Gasteiger partial charge in [0.2, 0.25) is 11.8 Å². The van der Waals surface area contributed by atoms with Crippen molar-refractivity contribution in [2.24, 2.45) is 0 Å². The molecule has 1 aliphatic rings. The largest absolute Gasteiger partial charge is 0.352 e. The van der Waals surface area contributed by atoms with Gasteiger partial charge in [-0.25, -0.2) is 0 Å². The van der Waals surface area contributed by atoms with Gasteiger partial charge >= 0.3 is 0 Å². The van der Waals surface area contributed by atoms with E-state index in [0.29, 0.717) is 6.04 Å². The molecule has 1 aliphatic carbocycles. The molecule has 0 unspecified atom stereocenters. The topological polar surface area (TPSA) is 61.4 Å². The van der Waals surface area contributed by atoms with Gasteiger partial charge in [-0.2, -0.15) is 0 Å². The molecule has 2 N–H and O–H groups in total. The zero-order valence-electron chi connectivity index (χ0n) is 14.1. The van der Waals surface area contributed by atoms with Crippen LogP contribution in [0.25, 0.3) is 0 Å². The Balaban J connectivity index is 1.76. The van der Waals surface area contributed by atoms with Crippen LogP contribution in [0, 0.1) is 0 Å². The molecule has 2 rings (SSSR count). The van der Waals surface area contributed by atoms with Crippen molar-refractivity contribution >= 4 is 17.5 Å². The van der Waals surface area contributed by atoms with Gasteiger partial charge in [-0.05, 0) is 37.9 Å². The molecule has 5 nitrogen and oxygen atoms in total. The van der Waals surface area contributed by atoms with E-state index < -0.39 is 0 Å². The summed E-state index contributed by atoms with van der Waals surface area (Å²) in [5.41, 5.74) is 1.96. The average molecular weight is 317 g/mol. The van der Waals surface area contributed by atoms with Gasteiger partial charge < -0.3 is 10.6 Å². The van der Waals surface area contributed by atoms with Gasteiger partial charge in [0, 0.05) is 11.7 Å². The monoisotopic (exact) mass is 317 g/mol. The number of carbonyl (C=O) groups is 2. The van der Waals surface area contributed by atoms with Crippen LogP contribution in [-0.4, -0.2) is 42.9 Å². The van der Waals surface area contributed by atoms with E-state index in [1.54, 1.807) is 11.9 Å². The Morgan fingerprint density at radius 3 is 2.48 bits per heavy atom. The van der Waals surface area contributed by atoms with E-state index in [1.165, 1.54) is 12.8 Å². The Morgan fingerprint density at radius 1 is 1.13 bits per heavy atom. The minimum absolute atomic E-state index is 0.00107. The Kier molecular flexibility index (Phi) is 6.59. The van der Waals surface area contributed by atoms with Gasteiger partial charge in [0.05, 0.1) is 13.1 Å². The Bertz CT molecular complexity index is 539. The summed E-state index contributed by atoms with van der Waals surface area (Å²) in [5.74, 6) is -0.0942. The maximum atomic E-state index is 12.1. The Labute approximate surface area is 138 Å². The van der Waals surface area contributed by atoms with Crippen molar-refractivity contribution in [3.63, 3.8) is 0 Å². The predicted molar refractivity (Wildman–Crippen MR) is 92.3 cm³/mol. The molecular weight excluding hydrogens is 290 g/mol. The standard InChI is InChI=1S/C18H27N3O2/c1-3-14-8-4-7-11-16(14)20-18(23)13-21(2)12-17(22)19-15-9-5-6-10-15/h4,7-8,11,15H,3,5-6,9-10,12-13H2,1-2H3,(H,19,22)(H,20,23). The van der Waals surface area contributed by atoms with Crippen LogP contribution < -0.4 is 10.6 Å². The summed E-state index contributed by atoms with van der Waals surface area (Å²) in [5, 5.41) is 5.97. The van der Waals surface area contributed by atoms with Crippen LogP contribution in [0.15, 0.2) is 24.3 Å². The lowest BCUT2D eigenvalue weighted by Crippen LogP contribution is -2.42. The summed E-state index contributed by atoms with van der Waals surface area (Å²) in [7, 11) is 1.79. The van der Waals surface area contributed by atoms with Gasteiger partial charge in [0.25, 0.3) is 0 Å². The number of benzene rings is 1. The highest BCUT2D eigenvalue weighted by Crippen LogP contribution is 2.17. The van der Waals surface area contributed by atoms with Crippen LogP contribution in [0.4, 0.5) is 5.69 Å². The van der Waals surface area contributed by atoms with Gasteiger partial charge in [0.15, 0.2) is 0 Å². The van der Waals surface area contributed by atoms with E-state index >= 15 is 0 Å². The molecule has 23 heavy (non-hydrogen) atoms. The second kappa shape index (κ2) is 8.67. The molecule has 1 saturated carbocycles.